The van der Waals surface area contributed by atoms with Crippen molar-refractivity contribution in [1.29, 1.82) is 0 Å². The van der Waals surface area contributed by atoms with Crippen LogP contribution in [0.4, 0.5) is 0 Å². The van der Waals surface area contributed by atoms with Crippen LogP contribution in [0.25, 0.3) is 0 Å². The molecule has 2 atom stereocenters. The van der Waals surface area contributed by atoms with E-state index in [2.05, 4.69) is 12.6 Å². The summed E-state index contributed by atoms with van der Waals surface area (Å²) in [5.41, 5.74) is 1.78. The van der Waals surface area contributed by atoms with Gasteiger partial charge in [0.05, 0.1) is 6.10 Å². The Bertz CT molecular complexity index is 352. The number of benzene rings is 1. The van der Waals surface area contributed by atoms with Crippen LogP contribution in [0.15, 0.2) is 18.2 Å². The molecular weight excluding hydrogens is 212 g/mol. The van der Waals surface area contributed by atoms with E-state index in [0.717, 1.165) is 5.56 Å². The van der Waals surface area contributed by atoms with Crippen molar-refractivity contribution in [3.05, 3.63) is 34.9 Å². The maximum Gasteiger partial charge on any atom is 0.150 e. The van der Waals surface area contributed by atoms with Gasteiger partial charge in [-0.05, 0) is 12.5 Å². The molecule has 4 heteroatoms. The van der Waals surface area contributed by atoms with Crippen LogP contribution < -0.4 is 0 Å². The molecular formula is C11H14O3S. The quantitative estimate of drug-likeness (QED) is 0.533. The number of thiol groups is 1. The Kier molecular flexibility index (Phi) is 4.32. The molecule has 2 unspecified atom stereocenters. The summed E-state index contributed by atoms with van der Waals surface area (Å²) in [5.74, 6) is 0.146. The fraction of sp³-hybridized carbons (Fsp3) is 0.364. The summed E-state index contributed by atoms with van der Waals surface area (Å²) in [7, 11) is 0. The predicted octanol–water partition coefficient (Wildman–Crippen LogP) is 1.13. The lowest BCUT2D eigenvalue weighted by molar-refractivity contribution is 0.0333. The molecule has 0 heterocycles. The minimum Gasteiger partial charge on any atom is -0.389 e. The number of hydrogen-bond donors (Lipinski definition) is 3. The van der Waals surface area contributed by atoms with Crippen molar-refractivity contribution in [3.8, 4) is 0 Å². The molecule has 0 aromatic heterocycles. The van der Waals surface area contributed by atoms with Gasteiger partial charge in [-0.25, -0.2) is 0 Å². The van der Waals surface area contributed by atoms with Gasteiger partial charge in [0.15, 0.2) is 0 Å². The molecule has 0 saturated heterocycles. The molecule has 0 amide bonds. The third-order valence-electron chi connectivity index (χ3n) is 2.24. The van der Waals surface area contributed by atoms with Crippen LogP contribution in [0.2, 0.25) is 0 Å². The van der Waals surface area contributed by atoms with Gasteiger partial charge in [0.2, 0.25) is 0 Å². The molecule has 82 valence electrons. The molecule has 2 N–H and O–H groups in total. The first-order valence-electron chi connectivity index (χ1n) is 4.63. The highest BCUT2D eigenvalue weighted by atomic mass is 32.1. The lowest BCUT2D eigenvalue weighted by Crippen LogP contribution is -2.21. The third kappa shape index (κ3) is 2.81. The molecule has 1 rings (SSSR count). The van der Waals surface area contributed by atoms with E-state index in [0.29, 0.717) is 17.4 Å². The fourth-order valence-electron chi connectivity index (χ4n) is 1.36. The average molecular weight is 226 g/mol. The van der Waals surface area contributed by atoms with E-state index in [9.17, 15) is 15.0 Å². The summed E-state index contributed by atoms with van der Waals surface area (Å²) in [5, 5.41) is 19.2. The van der Waals surface area contributed by atoms with Gasteiger partial charge in [0, 0.05) is 11.3 Å². The van der Waals surface area contributed by atoms with Crippen molar-refractivity contribution in [2.75, 3.05) is 5.75 Å². The Balaban J connectivity index is 3.10. The number of aryl methyl sites for hydroxylation is 1. The van der Waals surface area contributed by atoms with Gasteiger partial charge < -0.3 is 10.2 Å². The number of aliphatic hydroxyl groups is 2. The van der Waals surface area contributed by atoms with Crippen LogP contribution in [-0.2, 0) is 0 Å². The summed E-state index contributed by atoms with van der Waals surface area (Å²) in [4.78, 5) is 10.7. The van der Waals surface area contributed by atoms with Crippen molar-refractivity contribution < 1.29 is 15.0 Å². The van der Waals surface area contributed by atoms with E-state index in [1.807, 2.05) is 6.92 Å². The SMILES string of the molecule is Cc1ccc(C=O)c(C(O)C(O)CS)c1. The standard InChI is InChI=1S/C11H14O3S/c1-7-2-3-8(5-12)9(4-7)11(14)10(13)6-15/h2-5,10-11,13-15H,6H2,1H3. The van der Waals surface area contributed by atoms with Crippen LogP contribution >= 0.6 is 12.6 Å². The molecule has 1 aromatic carbocycles. The maximum atomic E-state index is 10.7. The van der Waals surface area contributed by atoms with E-state index in [4.69, 9.17) is 0 Å². The van der Waals surface area contributed by atoms with Gasteiger partial charge in [-0.1, -0.05) is 23.8 Å². The number of aliphatic hydroxyl groups excluding tert-OH is 2. The number of carbonyl (C=O) groups is 1. The first kappa shape index (κ1) is 12.2. The molecule has 0 spiro atoms. The van der Waals surface area contributed by atoms with Crippen LogP contribution in [0.5, 0.6) is 0 Å². The van der Waals surface area contributed by atoms with Crippen molar-refractivity contribution in [2.24, 2.45) is 0 Å². The third-order valence-corrected chi connectivity index (χ3v) is 2.61. The Labute approximate surface area is 94.2 Å². The van der Waals surface area contributed by atoms with Crippen LogP contribution in [0.3, 0.4) is 0 Å². The Morgan fingerprint density at radius 2 is 2.13 bits per heavy atom. The molecule has 0 fully saturated rings. The van der Waals surface area contributed by atoms with Gasteiger partial charge in [-0.2, -0.15) is 12.6 Å². The summed E-state index contributed by atoms with van der Waals surface area (Å²) in [6, 6.07) is 5.11. The van der Waals surface area contributed by atoms with Gasteiger partial charge in [0.25, 0.3) is 0 Å². The number of rotatable bonds is 4. The second kappa shape index (κ2) is 5.30. The van der Waals surface area contributed by atoms with E-state index < -0.39 is 12.2 Å². The second-order valence-electron chi connectivity index (χ2n) is 3.44. The number of hydrogen-bond acceptors (Lipinski definition) is 4. The zero-order valence-electron chi connectivity index (χ0n) is 8.42. The first-order valence-corrected chi connectivity index (χ1v) is 5.26. The Morgan fingerprint density at radius 1 is 1.47 bits per heavy atom. The first-order chi connectivity index (χ1) is 7.10. The van der Waals surface area contributed by atoms with Crippen LogP contribution in [0.1, 0.15) is 27.6 Å². The summed E-state index contributed by atoms with van der Waals surface area (Å²) >= 11 is 3.90. The summed E-state index contributed by atoms with van der Waals surface area (Å²) in [6.45, 7) is 1.86. The summed E-state index contributed by atoms with van der Waals surface area (Å²) in [6.07, 6.45) is -1.36. The number of aldehydes is 1. The van der Waals surface area contributed by atoms with Crippen molar-refractivity contribution in [1.82, 2.24) is 0 Å². The van der Waals surface area contributed by atoms with Gasteiger partial charge in [-0.3, -0.25) is 4.79 Å². The highest BCUT2D eigenvalue weighted by molar-refractivity contribution is 7.80. The molecule has 0 saturated carbocycles. The molecule has 0 aliphatic carbocycles. The zero-order chi connectivity index (χ0) is 11.4. The topological polar surface area (TPSA) is 57.5 Å². The second-order valence-corrected chi connectivity index (χ2v) is 3.81. The maximum absolute atomic E-state index is 10.7. The Hall–Kier alpha value is -0.840. The fourth-order valence-corrected chi connectivity index (χ4v) is 1.56. The minimum absolute atomic E-state index is 0.146. The van der Waals surface area contributed by atoms with E-state index >= 15 is 0 Å². The smallest absolute Gasteiger partial charge is 0.150 e. The van der Waals surface area contributed by atoms with E-state index in [1.54, 1.807) is 18.2 Å². The van der Waals surface area contributed by atoms with E-state index in [1.165, 1.54) is 0 Å². The van der Waals surface area contributed by atoms with Gasteiger partial charge in [-0.15, -0.1) is 0 Å². The molecule has 0 radical (unpaired) electrons. The summed E-state index contributed by atoms with van der Waals surface area (Å²) < 4.78 is 0. The zero-order valence-corrected chi connectivity index (χ0v) is 9.32. The Morgan fingerprint density at radius 3 is 2.67 bits per heavy atom. The van der Waals surface area contributed by atoms with Crippen molar-refractivity contribution in [2.45, 2.75) is 19.1 Å². The largest absolute Gasteiger partial charge is 0.389 e. The molecule has 15 heavy (non-hydrogen) atoms. The monoisotopic (exact) mass is 226 g/mol. The van der Waals surface area contributed by atoms with Crippen molar-refractivity contribution in [3.63, 3.8) is 0 Å². The molecule has 0 bridgehead atoms. The van der Waals surface area contributed by atoms with Crippen LogP contribution in [-0.4, -0.2) is 28.4 Å². The van der Waals surface area contributed by atoms with Gasteiger partial charge in [0.1, 0.15) is 12.4 Å². The normalized spacial score (nSPS) is 14.7. The minimum atomic E-state index is -1.07. The molecule has 1 aromatic rings. The van der Waals surface area contributed by atoms with Gasteiger partial charge >= 0.3 is 0 Å². The molecule has 0 aliphatic rings. The highest BCUT2D eigenvalue weighted by Gasteiger charge is 2.19. The van der Waals surface area contributed by atoms with E-state index in [-0.39, 0.29) is 5.75 Å². The lowest BCUT2D eigenvalue weighted by Gasteiger charge is -2.18. The van der Waals surface area contributed by atoms with Crippen LogP contribution in [0, 0.1) is 6.92 Å². The van der Waals surface area contributed by atoms with Crippen molar-refractivity contribution >= 4 is 18.9 Å². The predicted molar refractivity (Wildman–Crippen MR) is 61.4 cm³/mol. The molecule has 3 nitrogen and oxygen atoms in total. The molecule has 0 aliphatic heterocycles. The number of carbonyl (C=O) groups excluding carboxylic acids is 1. The highest BCUT2D eigenvalue weighted by Crippen LogP contribution is 2.22. The lowest BCUT2D eigenvalue weighted by atomic mass is 9.98. The average Bonchev–Trinajstić information content (AvgIpc) is 2.27.